The number of ether oxygens (including phenoxy) is 2. The highest BCUT2D eigenvalue weighted by atomic mass is 35.5. The van der Waals surface area contributed by atoms with E-state index in [1.807, 2.05) is 19.2 Å². The fourth-order valence-corrected chi connectivity index (χ4v) is 2.07. The molecule has 0 radical (unpaired) electrons. The van der Waals surface area contributed by atoms with E-state index in [9.17, 15) is 4.79 Å². The van der Waals surface area contributed by atoms with Gasteiger partial charge in [0.1, 0.15) is 12.4 Å². The molecule has 1 atom stereocenters. The Bertz CT molecular complexity index is 419. The Kier molecular flexibility index (Phi) is 8.12. The average molecular weight is 315 g/mol. The van der Waals surface area contributed by atoms with Crippen LogP contribution in [0.15, 0.2) is 24.3 Å². The molecule has 1 fully saturated rings. The van der Waals surface area contributed by atoms with Crippen molar-refractivity contribution in [1.29, 1.82) is 0 Å². The second-order valence-corrected chi connectivity index (χ2v) is 4.83. The van der Waals surface area contributed by atoms with Crippen LogP contribution >= 0.6 is 12.4 Å². The second-order valence-electron chi connectivity index (χ2n) is 4.83. The maximum Gasteiger partial charge on any atom is 0.251 e. The minimum Gasteiger partial charge on any atom is -0.491 e. The molecule has 0 aliphatic carbocycles. The van der Waals surface area contributed by atoms with E-state index in [2.05, 4.69) is 10.6 Å². The van der Waals surface area contributed by atoms with Gasteiger partial charge in [0.15, 0.2) is 0 Å². The van der Waals surface area contributed by atoms with Gasteiger partial charge in [0.25, 0.3) is 5.91 Å². The summed E-state index contributed by atoms with van der Waals surface area (Å²) in [5.41, 5.74) is 0.644. The Hall–Kier alpha value is -1.30. The molecular formula is C15H23ClN2O3. The van der Waals surface area contributed by atoms with Crippen molar-refractivity contribution < 1.29 is 14.3 Å². The van der Waals surface area contributed by atoms with Gasteiger partial charge in [-0.25, -0.2) is 0 Å². The molecule has 21 heavy (non-hydrogen) atoms. The van der Waals surface area contributed by atoms with E-state index in [0.29, 0.717) is 18.7 Å². The van der Waals surface area contributed by atoms with Crippen molar-refractivity contribution in [3.05, 3.63) is 29.8 Å². The van der Waals surface area contributed by atoms with E-state index in [1.165, 1.54) is 0 Å². The summed E-state index contributed by atoms with van der Waals surface area (Å²) in [6.45, 7) is 2.79. The van der Waals surface area contributed by atoms with Crippen LogP contribution in [-0.2, 0) is 4.74 Å². The number of halogens is 1. The minimum atomic E-state index is -0.0640. The molecule has 5 nitrogen and oxygen atoms in total. The summed E-state index contributed by atoms with van der Waals surface area (Å²) in [5, 5.41) is 5.81. The van der Waals surface area contributed by atoms with Crippen molar-refractivity contribution in [3.63, 3.8) is 0 Å². The summed E-state index contributed by atoms with van der Waals surface area (Å²) >= 11 is 0. The molecule has 0 bridgehead atoms. The first-order valence-corrected chi connectivity index (χ1v) is 7.07. The van der Waals surface area contributed by atoms with Gasteiger partial charge >= 0.3 is 0 Å². The van der Waals surface area contributed by atoms with Crippen molar-refractivity contribution in [2.45, 2.75) is 18.9 Å². The number of rotatable bonds is 7. The Labute approximate surface area is 131 Å². The van der Waals surface area contributed by atoms with Crippen LogP contribution < -0.4 is 15.4 Å². The smallest absolute Gasteiger partial charge is 0.251 e. The molecule has 1 saturated heterocycles. The van der Waals surface area contributed by atoms with E-state index < -0.39 is 0 Å². The van der Waals surface area contributed by atoms with Crippen LogP contribution in [0.25, 0.3) is 0 Å². The predicted octanol–water partition coefficient (Wildman–Crippen LogP) is 1.62. The summed E-state index contributed by atoms with van der Waals surface area (Å²) in [7, 11) is 1.85. The summed E-state index contributed by atoms with van der Waals surface area (Å²) < 4.78 is 11.2. The molecule has 0 spiro atoms. The number of likely N-dealkylation sites (N-methyl/N-ethyl adjacent to an activating group) is 1. The van der Waals surface area contributed by atoms with Crippen LogP contribution in [0.1, 0.15) is 23.2 Å². The Morgan fingerprint density at radius 3 is 2.71 bits per heavy atom. The SMILES string of the molecule is CNCCNC(=O)c1ccc(OCC2CCCO2)cc1.Cl. The second kappa shape index (κ2) is 9.60. The van der Waals surface area contributed by atoms with Crippen LogP contribution in [0.4, 0.5) is 0 Å². The van der Waals surface area contributed by atoms with E-state index in [0.717, 1.165) is 31.7 Å². The molecule has 0 aromatic heterocycles. The molecule has 118 valence electrons. The van der Waals surface area contributed by atoms with Crippen molar-refractivity contribution in [3.8, 4) is 5.75 Å². The van der Waals surface area contributed by atoms with E-state index in [-0.39, 0.29) is 24.4 Å². The first-order chi connectivity index (χ1) is 9.79. The number of nitrogens with one attached hydrogen (secondary N) is 2. The Balaban J connectivity index is 0.00000220. The predicted molar refractivity (Wildman–Crippen MR) is 84.4 cm³/mol. The third-order valence-electron chi connectivity index (χ3n) is 3.24. The zero-order chi connectivity index (χ0) is 14.2. The van der Waals surface area contributed by atoms with Gasteiger partial charge in [-0.05, 0) is 44.2 Å². The van der Waals surface area contributed by atoms with Crippen molar-refractivity contribution in [2.24, 2.45) is 0 Å². The molecule has 1 aliphatic heterocycles. The molecule has 1 aromatic carbocycles. The maximum absolute atomic E-state index is 11.8. The quantitative estimate of drug-likeness (QED) is 0.751. The van der Waals surface area contributed by atoms with Gasteiger partial charge in [0.2, 0.25) is 0 Å². The van der Waals surface area contributed by atoms with Crippen LogP contribution in [0.2, 0.25) is 0 Å². The highest BCUT2D eigenvalue weighted by molar-refractivity contribution is 5.94. The number of carbonyl (C=O) groups excluding carboxylic acids is 1. The van der Waals surface area contributed by atoms with Crippen LogP contribution in [0.3, 0.4) is 0 Å². The average Bonchev–Trinajstić information content (AvgIpc) is 2.99. The summed E-state index contributed by atoms with van der Waals surface area (Å²) in [6.07, 6.45) is 2.38. The zero-order valence-corrected chi connectivity index (χ0v) is 13.1. The topological polar surface area (TPSA) is 59.6 Å². The summed E-state index contributed by atoms with van der Waals surface area (Å²) in [5.74, 6) is 0.707. The lowest BCUT2D eigenvalue weighted by Gasteiger charge is -2.11. The normalized spacial score (nSPS) is 17.1. The first kappa shape index (κ1) is 17.8. The van der Waals surface area contributed by atoms with Gasteiger partial charge in [-0.2, -0.15) is 0 Å². The molecule has 2 N–H and O–H groups in total. The summed E-state index contributed by atoms with van der Waals surface area (Å²) in [4.78, 5) is 11.8. The van der Waals surface area contributed by atoms with Gasteiger partial charge < -0.3 is 20.1 Å². The molecular weight excluding hydrogens is 292 g/mol. The first-order valence-electron chi connectivity index (χ1n) is 7.07. The maximum atomic E-state index is 11.8. The lowest BCUT2D eigenvalue weighted by atomic mass is 10.2. The van der Waals surface area contributed by atoms with Crippen molar-refractivity contribution >= 4 is 18.3 Å². The van der Waals surface area contributed by atoms with Gasteiger partial charge in [-0.15, -0.1) is 12.4 Å². The number of benzene rings is 1. The van der Waals surface area contributed by atoms with Gasteiger partial charge in [0.05, 0.1) is 6.10 Å². The Morgan fingerprint density at radius 2 is 2.10 bits per heavy atom. The molecule has 6 heteroatoms. The van der Waals surface area contributed by atoms with Gasteiger partial charge in [0, 0.05) is 25.3 Å². The third-order valence-corrected chi connectivity index (χ3v) is 3.24. The number of hydrogen-bond acceptors (Lipinski definition) is 4. The molecule has 1 unspecified atom stereocenters. The largest absolute Gasteiger partial charge is 0.491 e. The fourth-order valence-electron chi connectivity index (χ4n) is 2.07. The molecule has 0 saturated carbocycles. The van der Waals surface area contributed by atoms with Crippen LogP contribution in [0.5, 0.6) is 5.75 Å². The van der Waals surface area contributed by atoms with Crippen LogP contribution in [-0.4, -0.2) is 45.4 Å². The zero-order valence-electron chi connectivity index (χ0n) is 12.3. The highest BCUT2D eigenvalue weighted by Crippen LogP contribution is 2.16. The van der Waals surface area contributed by atoms with E-state index in [4.69, 9.17) is 9.47 Å². The van der Waals surface area contributed by atoms with Gasteiger partial charge in [-0.3, -0.25) is 4.79 Å². The fraction of sp³-hybridized carbons (Fsp3) is 0.533. The molecule has 1 aliphatic rings. The standard InChI is InChI=1S/C15H22N2O3.ClH/c1-16-8-9-17-15(18)12-4-6-13(7-5-12)20-11-14-3-2-10-19-14;/h4-7,14,16H,2-3,8-11H2,1H3,(H,17,18);1H. The monoisotopic (exact) mass is 314 g/mol. The lowest BCUT2D eigenvalue weighted by molar-refractivity contribution is 0.0679. The lowest BCUT2D eigenvalue weighted by Crippen LogP contribution is -2.30. The number of amides is 1. The van der Waals surface area contributed by atoms with Crippen LogP contribution in [0, 0.1) is 0 Å². The highest BCUT2D eigenvalue weighted by Gasteiger charge is 2.16. The molecule has 1 aromatic rings. The van der Waals surface area contributed by atoms with E-state index in [1.54, 1.807) is 12.1 Å². The van der Waals surface area contributed by atoms with Gasteiger partial charge in [-0.1, -0.05) is 0 Å². The Morgan fingerprint density at radius 1 is 1.33 bits per heavy atom. The third kappa shape index (κ3) is 5.91. The van der Waals surface area contributed by atoms with Crippen molar-refractivity contribution in [2.75, 3.05) is 33.4 Å². The summed E-state index contributed by atoms with van der Waals surface area (Å²) in [6, 6.07) is 7.20. The van der Waals surface area contributed by atoms with E-state index >= 15 is 0 Å². The molecule has 1 heterocycles. The number of hydrogen-bond donors (Lipinski definition) is 2. The number of carbonyl (C=O) groups is 1. The van der Waals surface area contributed by atoms with Crippen molar-refractivity contribution in [1.82, 2.24) is 10.6 Å². The minimum absolute atomic E-state index is 0. The molecule has 1 amide bonds. The molecule has 2 rings (SSSR count).